The lowest BCUT2D eigenvalue weighted by Gasteiger charge is -2.36. The van der Waals surface area contributed by atoms with Crippen molar-refractivity contribution in [2.45, 2.75) is 97.4 Å². The van der Waals surface area contributed by atoms with Crippen molar-refractivity contribution >= 4 is 34.9 Å². The van der Waals surface area contributed by atoms with Crippen molar-refractivity contribution in [2.24, 2.45) is 23.7 Å². The molecule has 0 unspecified atom stereocenters. The number of carbonyl (C=O) groups is 4. The third kappa shape index (κ3) is 10.7. The summed E-state index contributed by atoms with van der Waals surface area (Å²) in [4.78, 5) is 61.5. The average Bonchev–Trinajstić information content (AvgIpc) is 3.75. The first-order valence-electron chi connectivity index (χ1n) is 17.4. The predicted molar refractivity (Wildman–Crippen MR) is 187 cm³/mol. The van der Waals surface area contributed by atoms with Gasteiger partial charge < -0.3 is 19.7 Å². The van der Waals surface area contributed by atoms with E-state index in [1.165, 1.54) is 18.3 Å². The SMILES string of the molecule is CC(=O)O[C@H](C[C@H](C(C)C)N(C)C(=O)[C@@H](CC(=O)[C@H]1COCCN1C)C1CC1)c1nc(C(=O)N[C@@H](Cc2ccccc2)CC(C)C)cs1. The number of aromatic nitrogens is 1. The number of nitrogens with one attached hydrogen (secondary N) is 1. The highest BCUT2D eigenvalue weighted by Gasteiger charge is 2.42. The van der Waals surface area contributed by atoms with Gasteiger partial charge in [0.15, 0.2) is 11.9 Å². The minimum Gasteiger partial charge on any atom is -0.455 e. The molecule has 5 atom stereocenters. The van der Waals surface area contributed by atoms with Crippen LogP contribution in [0.3, 0.4) is 0 Å². The number of likely N-dealkylation sites (N-methyl/N-ethyl adjacent to an activating group) is 1. The van der Waals surface area contributed by atoms with E-state index in [2.05, 4.69) is 36.3 Å². The molecule has 1 saturated heterocycles. The van der Waals surface area contributed by atoms with E-state index >= 15 is 0 Å². The fourth-order valence-electron chi connectivity index (χ4n) is 6.71. The lowest BCUT2D eigenvalue weighted by atomic mass is 9.90. The molecule has 0 spiro atoms. The summed E-state index contributed by atoms with van der Waals surface area (Å²) < 4.78 is 11.4. The van der Waals surface area contributed by atoms with Crippen LogP contribution >= 0.6 is 11.3 Å². The van der Waals surface area contributed by atoms with Crippen LogP contribution < -0.4 is 5.32 Å². The molecule has 10 nitrogen and oxygen atoms in total. The van der Waals surface area contributed by atoms with Crippen molar-refractivity contribution < 1.29 is 28.7 Å². The number of ketones is 1. The number of esters is 1. The van der Waals surface area contributed by atoms with Crippen molar-refractivity contribution in [3.8, 4) is 0 Å². The molecular formula is C37H54N4O6S. The second kappa shape index (κ2) is 17.5. The standard InChI is InChI=1S/C37H54N4O6S/c1-23(2)17-28(18-26-11-9-8-10-12-26)38-35(44)30-22-48-36(39-30)34(47-25(5)42)20-31(24(3)4)41(7)37(45)29(27-13-14-27)19-33(43)32-21-46-16-15-40(32)6/h8-12,22-24,27-29,31-32,34H,13-21H2,1-7H3,(H,38,44)/t28-,29+,31-,32-,34-/m1/s1. The number of amides is 2. The van der Waals surface area contributed by atoms with Gasteiger partial charge in [0.25, 0.3) is 5.91 Å². The average molecular weight is 683 g/mol. The van der Waals surface area contributed by atoms with Crippen LogP contribution in [0.15, 0.2) is 35.7 Å². The Morgan fingerprint density at radius 1 is 1.10 bits per heavy atom. The predicted octanol–water partition coefficient (Wildman–Crippen LogP) is 5.32. The van der Waals surface area contributed by atoms with Gasteiger partial charge >= 0.3 is 5.97 Å². The molecule has 0 radical (unpaired) electrons. The molecule has 0 bridgehead atoms. The van der Waals surface area contributed by atoms with Crippen LogP contribution in [-0.4, -0.2) is 90.3 Å². The van der Waals surface area contributed by atoms with Gasteiger partial charge in [0.2, 0.25) is 5.91 Å². The summed E-state index contributed by atoms with van der Waals surface area (Å²) in [7, 11) is 3.72. The van der Waals surface area contributed by atoms with Gasteiger partial charge in [-0.15, -0.1) is 11.3 Å². The molecule has 2 aromatic rings. The molecule has 2 aliphatic rings. The molecule has 2 fully saturated rings. The number of ether oxygens (including phenoxy) is 2. The first-order chi connectivity index (χ1) is 22.8. The normalized spacial score (nSPS) is 19.4. The maximum absolute atomic E-state index is 14.1. The number of nitrogens with zero attached hydrogens (tertiary/aromatic N) is 3. The van der Waals surface area contributed by atoms with Crippen LogP contribution in [0, 0.1) is 23.7 Å². The Kier molecular flexibility index (Phi) is 13.7. The molecule has 1 aliphatic carbocycles. The Balaban J connectivity index is 1.47. The van der Waals surface area contributed by atoms with Crippen LogP contribution in [0.25, 0.3) is 0 Å². The van der Waals surface area contributed by atoms with Crippen molar-refractivity contribution in [3.05, 3.63) is 52.0 Å². The van der Waals surface area contributed by atoms with Crippen molar-refractivity contribution in [2.75, 3.05) is 33.9 Å². The molecule has 1 aromatic carbocycles. The Morgan fingerprint density at radius 2 is 1.81 bits per heavy atom. The number of morpholine rings is 1. The summed E-state index contributed by atoms with van der Waals surface area (Å²) >= 11 is 1.28. The van der Waals surface area contributed by atoms with Gasteiger partial charge in [0, 0.05) is 56.7 Å². The van der Waals surface area contributed by atoms with Gasteiger partial charge in [-0.1, -0.05) is 58.0 Å². The summed E-state index contributed by atoms with van der Waals surface area (Å²) in [5.41, 5.74) is 1.43. The van der Waals surface area contributed by atoms with Gasteiger partial charge in [-0.2, -0.15) is 0 Å². The summed E-state index contributed by atoms with van der Waals surface area (Å²) in [5, 5.41) is 5.39. The van der Waals surface area contributed by atoms with Crippen LogP contribution in [0.2, 0.25) is 0 Å². The molecular weight excluding hydrogens is 628 g/mol. The molecule has 1 aromatic heterocycles. The largest absolute Gasteiger partial charge is 0.455 e. The summed E-state index contributed by atoms with van der Waals surface area (Å²) in [6.45, 7) is 11.3. The summed E-state index contributed by atoms with van der Waals surface area (Å²) in [6, 6.07) is 9.42. The van der Waals surface area contributed by atoms with Crippen LogP contribution in [0.1, 0.15) is 93.9 Å². The van der Waals surface area contributed by atoms with E-state index in [1.807, 2.05) is 44.0 Å². The molecule has 2 heterocycles. The zero-order valence-corrected chi connectivity index (χ0v) is 30.5. The Hall–Kier alpha value is -3.15. The van der Waals surface area contributed by atoms with Gasteiger partial charge in [0.1, 0.15) is 10.7 Å². The van der Waals surface area contributed by atoms with Crippen molar-refractivity contribution in [1.82, 2.24) is 20.1 Å². The van der Waals surface area contributed by atoms with E-state index in [9.17, 15) is 19.2 Å². The fourth-order valence-corrected chi connectivity index (χ4v) is 7.55. The van der Waals surface area contributed by atoms with Crippen molar-refractivity contribution in [3.63, 3.8) is 0 Å². The molecule has 2 amide bonds. The molecule has 11 heteroatoms. The van der Waals surface area contributed by atoms with Crippen LogP contribution in [0.4, 0.5) is 0 Å². The van der Waals surface area contributed by atoms with E-state index in [0.717, 1.165) is 24.8 Å². The fraction of sp³-hybridized carbons (Fsp3) is 0.649. The zero-order valence-electron chi connectivity index (χ0n) is 29.6. The third-order valence-electron chi connectivity index (χ3n) is 9.52. The molecule has 264 valence electrons. The van der Waals surface area contributed by atoms with E-state index in [-0.39, 0.29) is 59.7 Å². The number of benzene rings is 1. The lowest BCUT2D eigenvalue weighted by molar-refractivity contribution is -0.149. The van der Waals surface area contributed by atoms with Gasteiger partial charge in [-0.05, 0) is 56.0 Å². The van der Waals surface area contributed by atoms with E-state index in [4.69, 9.17) is 9.47 Å². The topological polar surface area (TPSA) is 118 Å². The Bertz CT molecular complexity index is 1380. The number of carbonyl (C=O) groups excluding carboxylic acids is 4. The van der Waals surface area contributed by atoms with Crippen LogP contribution in [0.5, 0.6) is 0 Å². The second-order valence-electron chi connectivity index (χ2n) is 14.3. The first-order valence-corrected chi connectivity index (χ1v) is 18.3. The molecule has 1 saturated carbocycles. The Morgan fingerprint density at radius 3 is 2.42 bits per heavy atom. The molecule has 4 rings (SSSR count). The quantitative estimate of drug-likeness (QED) is 0.223. The second-order valence-corrected chi connectivity index (χ2v) is 15.2. The number of rotatable bonds is 17. The minimum absolute atomic E-state index is 0.0305. The van der Waals surface area contributed by atoms with Gasteiger partial charge in [-0.25, -0.2) is 4.98 Å². The zero-order chi connectivity index (χ0) is 35.0. The number of hydrogen-bond acceptors (Lipinski definition) is 9. The minimum atomic E-state index is -0.735. The monoisotopic (exact) mass is 682 g/mol. The first kappa shape index (κ1) is 37.7. The Labute approximate surface area is 289 Å². The molecule has 48 heavy (non-hydrogen) atoms. The highest BCUT2D eigenvalue weighted by molar-refractivity contribution is 7.09. The number of hydrogen-bond donors (Lipinski definition) is 1. The third-order valence-corrected chi connectivity index (χ3v) is 10.5. The number of Topliss-reactive ketones (excluding diaryl/α,β-unsaturated/α-hetero) is 1. The molecule has 1 aliphatic heterocycles. The summed E-state index contributed by atoms with van der Waals surface area (Å²) in [6.07, 6.45) is 3.19. The van der Waals surface area contributed by atoms with E-state index in [0.29, 0.717) is 43.5 Å². The highest BCUT2D eigenvalue weighted by Crippen LogP contribution is 2.41. The van der Waals surface area contributed by atoms with Gasteiger partial charge in [0.05, 0.1) is 19.3 Å². The summed E-state index contributed by atoms with van der Waals surface area (Å²) in [5.74, 6) is -0.512. The highest BCUT2D eigenvalue weighted by atomic mass is 32.1. The maximum atomic E-state index is 14.1. The molecule has 1 N–H and O–H groups in total. The van der Waals surface area contributed by atoms with Crippen molar-refractivity contribution in [1.29, 1.82) is 0 Å². The maximum Gasteiger partial charge on any atom is 0.303 e. The van der Waals surface area contributed by atoms with Crippen LogP contribution in [-0.2, 0) is 30.3 Å². The van der Waals surface area contributed by atoms with E-state index in [1.54, 1.807) is 17.3 Å². The lowest BCUT2D eigenvalue weighted by Crippen LogP contribution is -2.50. The number of thiazole rings is 1. The smallest absolute Gasteiger partial charge is 0.303 e. The van der Waals surface area contributed by atoms with E-state index < -0.39 is 18.0 Å². The van der Waals surface area contributed by atoms with Gasteiger partial charge in [-0.3, -0.25) is 24.1 Å².